The number of aliphatic hydroxyl groups excluding tert-OH is 1. The number of ketones is 1. The van der Waals surface area contributed by atoms with Crippen molar-refractivity contribution in [2.75, 3.05) is 13.6 Å². The fourth-order valence-electron chi connectivity index (χ4n) is 10.0. The zero-order valence-electron chi connectivity index (χ0n) is 20.7. The van der Waals surface area contributed by atoms with Crippen molar-refractivity contribution in [1.29, 1.82) is 0 Å². The van der Waals surface area contributed by atoms with E-state index in [4.69, 9.17) is 0 Å². The van der Waals surface area contributed by atoms with E-state index in [1.54, 1.807) is 0 Å². The van der Waals surface area contributed by atoms with Crippen LogP contribution in [0.4, 0.5) is 0 Å². The smallest absolute Gasteiger partial charge is 0.136 e. The summed E-state index contributed by atoms with van der Waals surface area (Å²) in [6.45, 7) is 11.2. The molecule has 3 nitrogen and oxygen atoms in total. The Kier molecular flexibility index (Phi) is 5.86. The molecule has 1 N–H and O–H groups in total. The second kappa shape index (κ2) is 8.12. The van der Waals surface area contributed by atoms with E-state index in [2.05, 4.69) is 39.6 Å². The number of likely N-dealkylation sites (tertiary alicyclic amines) is 1. The fourth-order valence-corrected chi connectivity index (χ4v) is 10.0. The Morgan fingerprint density at radius 3 is 2.55 bits per heavy atom. The number of Topliss-reactive ketones (excluding diaryl/α,β-unsaturated/α-hetero) is 1. The molecule has 31 heavy (non-hydrogen) atoms. The van der Waals surface area contributed by atoms with Crippen LogP contribution >= 0.6 is 0 Å². The van der Waals surface area contributed by atoms with Gasteiger partial charge in [-0.15, -0.1) is 0 Å². The van der Waals surface area contributed by atoms with Crippen LogP contribution in [0, 0.1) is 58.7 Å². The molecule has 1 saturated heterocycles. The van der Waals surface area contributed by atoms with E-state index in [9.17, 15) is 9.90 Å². The van der Waals surface area contributed by atoms with E-state index in [1.165, 1.54) is 38.6 Å². The Balaban J connectivity index is 1.34. The first-order valence-electron chi connectivity index (χ1n) is 13.6. The van der Waals surface area contributed by atoms with Crippen molar-refractivity contribution in [3.63, 3.8) is 0 Å². The van der Waals surface area contributed by atoms with Crippen molar-refractivity contribution >= 4 is 5.78 Å². The van der Waals surface area contributed by atoms with Gasteiger partial charge in [0.15, 0.2) is 0 Å². The first kappa shape index (κ1) is 22.4. The monoisotopic (exact) mass is 429 g/mol. The van der Waals surface area contributed by atoms with Crippen LogP contribution in [-0.4, -0.2) is 41.5 Å². The average molecular weight is 430 g/mol. The van der Waals surface area contributed by atoms with Crippen LogP contribution in [0.15, 0.2) is 0 Å². The number of nitrogens with zero attached hydrogens (tertiary/aromatic N) is 1. The average Bonchev–Trinajstić information content (AvgIpc) is 3.10. The molecule has 12 atom stereocenters. The van der Waals surface area contributed by atoms with Gasteiger partial charge >= 0.3 is 0 Å². The minimum atomic E-state index is -0.249. The largest absolute Gasteiger partial charge is 0.393 e. The van der Waals surface area contributed by atoms with Gasteiger partial charge in [0.25, 0.3) is 0 Å². The van der Waals surface area contributed by atoms with Crippen LogP contribution in [0.2, 0.25) is 0 Å². The fraction of sp³-hybridized carbons (Fsp3) is 0.964. The molecule has 0 amide bonds. The van der Waals surface area contributed by atoms with Crippen LogP contribution < -0.4 is 0 Å². The lowest BCUT2D eigenvalue weighted by molar-refractivity contribution is -0.145. The standard InChI is InChI=1S/C28H47NO2/c1-16-6-9-26(29(5)15-16)18(3)20-7-8-21-22(17(20)2)13-24-23(21)14-27(31)25-12-19(30)10-11-28(24,25)4/h16-26,30H,6-15H2,1-5H3/t16-,17-,18-,19-,20+,21-,22+,23-,24+,25-,26+,28+/m0/s1. The van der Waals surface area contributed by atoms with Gasteiger partial charge in [-0.1, -0.05) is 27.7 Å². The third-order valence-electron chi connectivity index (χ3n) is 11.7. The van der Waals surface area contributed by atoms with Crippen LogP contribution in [0.5, 0.6) is 0 Å². The molecular weight excluding hydrogens is 382 g/mol. The molecule has 0 aromatic heterocycles. The van der Waals surface area contributed by atoms with Gasteiger partial charge in [0.05, 0.1) is 6.10 Å². The highest BCUT2D eigenvalue weighted by Gasteiger charge is 2.61. The maximum absolute atomic E-state index is 13.2. The summed E-state index contributed by atoms with van der Waals surface area (Å²) in [6, 6.07) is 0.757. The summed E-state index contributed by atoms with van der Waals surface area (Å²) in [5.74, 6) is 6.82. The third kappa shape index (κ3) is 3.56. The molecule has 3 heteroatoms. The van der Waals surface area contributed by atoms with E-state index in [0.29, 0.717) is 17.6 Å². The molecule has 5 aliphatic rings. The molecular formula is C28H47NO2. The summed E-state index contributed by atoms with van der Waals surface area (Å²) in [7, 11) is 2.36. The quantitative estimate of drug-likeness (QED) is 0.638. The van der Waals surface area contributed by atoms with Gasteiger partial charge in [0.1, 0.15) is 5.78 Å². The summed E-state index contributed by atoms with van der Waals surface area (Å²) < 4.78 is 0. The Morgan fingerprint density at radius 2 is 1.81 bits per heavy atom. The summed E-state index contributed by atoms with van der Waals surface area (Å²) in [4.78, 5) is 15.9. The molecule has 4 aliphatic carbocycles. The predicted octanol–water partition coefficient (Wildman–Crippen LogP) is 5.41. The van der Waals surface area contributed by atoms with Crippen molar-refractivity contribution in [2.45, 2.75) is 97.6 Å². The normalized spacial score (nSPS) is 54.1. The first-order valence-corrected chi connectivity index (χ1v) is 13.6. The van der Waals surface area contributed by atoms with E-state index in [-0.39, 0.29) is 17.4 Å². The highest BCUT2D eigenvalue weighted by Crippen LogP contribution is 2.65. The predicted molar refractivity (Wildman–Crippen MR) is 126 cm³/mol. The molecule has 0 aromatic carbocycles. The van der Waals surface area contributed by atoms with Crippen molar-refractivity contribution in [1.82, 2.24) is 4.90 Å². The van der Waals surface area contributed by atoms with Crippen LogP contribution in [0.25, 0.3) is 0 Å². The van der Waals surface area contributed by atoms with Gasteiger partial charge in [-0.2, -0.15) is 0 Å². The van der Waals surface area contributed by atoms with Crippen LogP contribution in [-0.2, 0) is 4.79 Å². The van der Waals surface area contributed by atoms with Crippen molar-refractivity contribution < 1.29 is 9.90 Å². The molecule has 0 aromatic rings. The molecule has 4 saturated carbocycles. The molecule has 0 radical (unpaired) electrons. The SMILES string of the molecule is C[C@H]1CC[C@H]([C@@H](C)[C@@H]2CC[C@H]3[C@H](C[C@@H]4[C@H]3CC(=O)[C@@H]3C[C@@H](O)CC[C@]43C)[C@H]2C)N(C)C1. The Hall–Kier alpha value is -0.410. The lowest BCUT2D eigenvalue weighted by atomic mass is 9.51. The summed E-state index contributed by atoms with van der Waals surface area (Å²) in [5, 5.41) is 10.3. The summed E-state index contributed by atoms with van der Waals surface area (Å²) in [5.41, 5.74) is 0.150. The number of carbonyl (C=O) groups is 1. The molecule has 176 valence electrons. The number of rotatable bonds is 2. The van der Waals surface area contributed by atoms with Crippen molar-refractivity contribution in [3.05, 3.63) is 0 Å². The zero-order valence-corrected chi connectivity index (χ0v) is 20.7. The number of hydrogen-bond acceptors (Lipinski definition) is 3. The lowest BCUT2D eigenvalue weighted by Crippen LogP contribution is -2.51. The Bertz CT molecular complexity index is 692. The highest BCUT2D eigenvalue weighted by molar-refractivity contribution is 5.83. The zero-order chi connectivity index (χ0) is 22.1. The number of carbonyl (C=O) groups excluding carboxylic acids is 1. The Morgan fingerprint density at radius 1 is 1.03 bits per heavy atom. The molecule has 5 rings (SSSR count). The van der Waals surface area contributed by atoms with Crippen molar-refractivity contribution in [3.8, 4) is 0 Å². The van der Waals surface area contributed by atoms with Gasteiger partial charge < -0.3 is 10.0 Å². The van der Waals surface area contributed by atoms with Gasteiger partial charge in [-0.05, 0) is 111 Å². The Labute approximate surface area is 190 Å². The molecule has 0 bridgehead atoms. The molecule has 0 spiro atoms. The van der Waals surface area contributed by atoms with E-state index in [0.717, 1.165) is 67.2 Å². The van der Waals surface area contributed by atoms with Crippen LogP contribution in [0.1, 0.15) is 85.5 Å². The first-order chi connectivity index (χ1) is 14.7. The maximum Gasteiger partial charge on any atom is 0.136 e. The number of fused-ring (bicyclic) bond motifs is 5. The van der Waals surface area contributed by atoms with E-state index >= 15 is 0 Å². The molecule has 1 heterocycles. The second-order valence-electron chi connectivity index (χ2n) is 13.1. The highest BCUT2D eigenvalue weighted by atomic mass is 16.3. The number of piperidine rings is 1. The summed E-state index contributed by atoms with van der Waals surface area (Å²) >= 11 is 0. The van der Waals surface area contributed by atoms with E-state index < -0.39 is 0 Å². The molecule has 1 aliphatic heterocycles. The lowest BCUT2D eigenvalue weighted by Gasteiger charge is -2.52. The van der Waals surface area contributed by atoms with Gasteiger partial charge in [-0.3, -0.25) is 4.79 Å². The maximum atomic E-state index is 13.2. The molecule has 0 unspecified atom stereocenters. The van der Waals surface area contributed by atoms with Gasteiger partial charge in [0, 0.05) is 24.9 Å². The third-order valence-corrected chi connectivity index (χ3v) is 11.7. The van der Waals surface area contributed by atoms with Gasteiger partial charge in [-0.25, -0.2) is 0 Å². The summed E-state index contributed by atoms with van der Waals surface area (Å²) in [6.07, 6.45) is 10.1. The van der Waals surface area contributed by atoms with E-state index in [1.807, 2.05) is 0 Å². The van der Waals surface area contributed by atoms with Gasteiger partial charge in [0.2, 0.25) is 0 Å². The van der Waals surface area contributed by atoms with Crippen LogP contribution in [0.3, 0.4) is 0 Å². The second-order valence-corrected chi connectivity index (χ2v) is 13.1. The number of aliphatic hydroxyl groups is 1. The number of hydrogen-bond donors (Lipinski definition) is 1. The topological polar surface area (TPSA) is 40.5 Å². The molecule has 5 fully saturated rings. The minimum Gasteiger partial charge on any atom is -0.393 e. The van der Waals surface area contributed by atoms with Crippen molar-refractivity contribution in [2.24, 2.45) is 58.7 Å². The minimum absolute atomic E-state index is 0.126.